The molecule has 0 bridgehead atoms. The molecule has 0 aromatic heterocycles. The van der Waals surface area contributed by atoms with Gasteiger partial charge in [0.15, 0.2) is 11.6 Å². The molecule has 1 N–H and O–H groups in total. The number of alkyl halides is 1. The largest absolute Gasteiger partial charge is 0.352 e. The minimum Gasteiger partial charge on any atom is -0.352 e. The van der Waals surface area contributed by atoms with Crippen molar-refractivity contribution in [2.75, 3.05) is 0 Å². The minimum absolute atomic E-state index is 0.0245. The predicted octanol–water partition coefficient (Wildman–Crippen LogP) is 3.72. The molecule has 0 aliphatic carbocycles. The van der Waals surface area contributed by atoms with Gasteiger partial charge in [-0.1, -0.05) is 46.3 Å². The standard InChI is InChI=1S/C16H14BrF2NO/c17-9-11-1-3-12(4-2-11)10-20-16(21)8-13-5-6-14(18)15(19)7-13/h1-7H,8-10H2,(H,20,21). The van der Waals surface area contributed by atoms with Crippen LogP contribution in [0.2, 0.25) is 0 Å². The summed E-state index contributed by atoms with van der Waals surface area (Å²) in [5.74, 6) is -2.08. The number of benzene rings is 2. The number of hydrogen-bond donors (Lipinski definition) is 1. The van der Waals surface area contributed by atoms with Gasteiger partial charge in [-0.15, -0.1) is 0 Å². The van der Waals surface area contributed by atoms with Crippen LogP contribution < -0.4 is 5.32 Å². The molecular weight excluding hydrogens is 340 g/mol. The van der Waals surface area contributed by atoms with Gasteiger partial charge in [-0.3, -0.25) is 4.79 Å². The Morgan fingerprint density at radius 3 is 2.19 bits per heavy atom. The molecule has 0 saturated carbocycles. The van der Waals surface area contributed by atoms with E-state index in [1.165, 1.54) is 6.07 Å². The molecule has 2 nitrogen and oxygen atoms in total. The highest BCUT2D eigenvalue weighted by Crippen LogP contribution is 2.10. The molecule has 5 heteroatoms. The van der Waals surface area contributed by atoms with Crippen LogP contribution in [0.3, 0.4) is 0 Å². The lowest BCUT2D eigenvalue weighted by atomic mass is 10.1. The fourth-order valence-electron chi connectivity index (χ4n) is 1.84. The Balaban J connectivity index is 1.87. The molecule has 0 radical (unpaired) electrons. The van der Waals surface area contributed by atoms with E-state index in [2.05, 4.69) is 21.2 Å². The van der Waals surface area contributed by atoms with Gasteiger partial charge in [-0.05, 0) is 28.8 Å². The SMILES string of the molecule is O=C(Cc1ccc(F)c(F)c1)NCc1ccc(CBr)cc1. The Morgan fingerprint density at radius 2 is 1.57 bits per heavy atom. The van der Waals surface area contributed by atoms with Gasteiger partial charge in [0, 0.05) is 11.9 Å². The highest BCUT2D eigenvalue weighted by Gasteiger charge is 2.07. The molecule has 1 amide bonds. The Hall–Kier alpha value is -1.75. The third-order valence-corrected chi connectivity index (χ3v) is 3.66. The van der Waals surface area contributed by atoms with Crippen molar-refractivity contribution in [2.45, 2.75) is 18.3 Å². The summed E-state index contributed by atoms with van der Waals surface area (Å²) in [6.07, 6.45) is 0.0245. The summed E-state index contributed by atoms with van der Waals surface area (Å²) >= 11 is 3.37. The van der Waals surface area contributed by atoms with Crippen LogP contribution in [0.5, 0.6) is 0 Å². The summed E-state index contributed by atoms with van der Waals surface area (Å²) in [4.78, 5) is 11.8. The van der Waals surface area contributed by atoms with E-state index in [1.807, 2.05) is 24.3 Å². The molecule has 0 atom stereocenters. The molecule has 2 aromatic rings. The molecule has 0 aliphatic rings. The molecule has 2 rings (SSSR count). The van der Waals surface area contributed by atoms with Crippen LogP contribution in [0.1, 0.15) is 16.7 Å². The highest BCUT2D eigenvalue weighted by atomic mass is 79.9. The third-order valence-electron chi connectivity index (χ3n) is 3.02. The molecule has 110 valence electrons. The molecule has 21 heavy (non-hydrogen) atoms. The van der Waals surface area contributed by atoms with Gasteiger partial charge >= 0.3 is 0 Å². The Labute approximate surface area is 130 Å². The van der Waals surface area contributed by atoms with Crippen molar-refractivity contribution in [1.29, 1.82) is 0 Å². The van der Waals surface area contributed by atoms with Crippen LogP contribution in [-0.4, -0.2) is 5.91 Å². The zero-order chi connectivity index (χ0) is 15.2. The summed E-state index contributed by atoms with van der Waals surface area (Å²) in [6, 6.07) is 11.3. The van der Waals surface area contributed by atoms with E-state index in [4.69, 9.17) is 0 Å². The quantitative estimate of drug-likeness (QED) is 0.815. The van der Waals surface area contributed by atoms with Crippen molar-refractivity contribution in [3.63, 3.8) is 0 Å². The first-order chi connectivity index (χ1) is 10.1. The van der Waals surface area contributed by atoms with Gasteiger partial charge in [0.1, 0.15) is 0 Å². The van der Waals surface area contributed by atoms with E-state index in [1.54, 1.807) is 0 Å². The number of rotatable bonds is 5. The lowest BCUT2D eigenvalue weighted by molar-refractivity contribution is -0.120. The van der Waals surface area contributed by atoms with Crippen molar-refractivity contribution in [3.05, 3.63) is 70.8 Å². The normalized spacial score (nSPS) is 10.4. The van der Waals surface area contributed by atoms with Crippen molar-refractivity contribution >= 4 is 21.8 Å². The molecule has 0 spiro atoms. The van der Waals surface area contributed by atoms with E-state index < -0.39 is 11.6 Å². The fourth-order valence-corrected chi connectivity index (χ4v) is 2.22. The number of halogens is 3. The zero-order valence-corrected chi connectivity index (χ0v) is 12.8. The molecule has 0 unspecified atom stereocenters. The molecule has 0 aliphatic heterocycles. The van der Waals surface area contributed by atoms with Gasteiger partial charge in [0.05, 0.1) is 6.42 Å². The molecule has 0 fully saturated rings. The van der Waals surface area contributed by atoms with Crippen molar-refractivity contribution in [1.82, 2.24) is 5.32 Å². The van der Waals surface area contributed by atoms with Gasteiger partial charge in [-0.2, -0.15) is 0 Å². The van der Waals surface area contributed by atoms with Crippen LogP contribution in [0.25, 0.3) is 0 Å². The summed E-state index contributed by atoms with van der Waals surface area (Å²) in [6.45, 7) is 0.408. The minimum atomic E-state index is -0.939. The van der Waals surface area contributed by atoms with Crippen molar-refractivity contribution in [2.24, 2.45) is 0 Å². The van der Waals surface area contributed by atoms with Crippen molar-refractivity contribution < 1.29 is 13.6 Å². The smallest absolute Gasteiger partial charge is 0.224 e. The Morgan fingerprint density at radius 1 is 0.952 bits per heavy atom. The molecule has 0 saturated heterocycles. The van der Waals surface area contributed by atoms with E-state index >= 15 is 0 Å². The topological polar surface area (TPSA) is 29.1 Å². The fraction of sp³-hybridized carbons (Fsp3) is 0.188. The summed E-state index contributed by atoms with van der Waals surface area (Å²) in [5.41, 5.74) is 2.59. The van der Waals surface area contributed by atoms with Gasteiger partial charge in [0.2, 0.25) is 5.91 Å². The average Bonchev–Trinajstić information content (AvgIpc) is 2.49. The Kier molecular flexibility index (Phi) is 5.44. The second-order valence-electron chi connectivity index (χ2n) is 4.65. The highest BCUT2D eigenvalue weighted by molar-refractivity contribution is 9.08. The number of nitrogens with one attached hydrogen (secondary N) is 1. The van der Waals surface area contributed by atoms with Crippen molar-refractivity contribution in [3.8, 4) is 0 Å². The molecule has 0 heterocycles. The second kappa shape index (κ2) is 7.31. The summed E-state index contributed by atoms with van der Waals surface area (Å²) in [5, 5.41) is 3.54. The molecule has 2 aromatic carbocycles. The lowest BCUT2D eigenvalue weighted by Gasteiger charge is -2.06. The lowest BCUT2D eigenvalue weighted by Crippen LogP contribution is -2.24. The van der Waals surface area contributed by atoms with Gasteiger partial charge in [0.25, 0.3) is 0 Å². The van der Waals surface area contributed by atoms with E-state index in [0.717, 1.165) is 28.6 Å². The van der Waals surface area contributed by atoms with Crippen LogP contribution in [0.4, 0.5) is 8.78 Å². The summed E-state index contributed by atoms with van der Waals surface area (Å²) in [7, 11) is 0. The maximum absolute atomic E-state index is 13.0. The van der Waals surface area contributed by atoms with E-state index in [9.17, 15) is 13.6 Å². The zero-order valence-electron chi connectivity index (χ0n) is 11.2. The number of carbonyl (C=O) groups is 1. The van der Waals surface area contributed by atoms with Crippen LogP contribution in [0, 0.1) is 11.6 Å². The number of hydrogen-bond acceptors (Lipinski definition) is 1. The van der Waals surface area contributed by atoms with Gasteiger partial charge in [-0.25, -0.2) is 8.78 Å². The molecular formula is C16H14BrF2NO. The van der Waals surface area contributed by atoms with E-state index in [0.29, 0.717) is 12.1 Å². The maximum Gasteiger partial charge on any atom is 0.224 e. The van der Waals surface area contributed by atoms with Crippen LogP contribution in [0.15, 0.2) is 42.5 Å². The average molecular weight is 354 g/mol. The third kappa shape index (κ3) is 4.63. The number of carbonyl (C=O) groups excluding carboxylic acids is 1. The predicted molar refractivity (Wildman–Crippen MR) is 81.0 cm³/mol. The summed E-state index contributed by atoms with van der Waals surface area (Å²) < 4.78 is 25.8. The first-order valence-corrected chi connectivity index (χ1v) is 7.55. The first-order valence-electron chi connectivity index (χ1n) is 6.43. The van der Waals surface area contributed by atoms with E-state index in [-0.39, 0.29) is 12.3 Å². The number of amides is 1. The monoisotopic (exact) mass is 353 g/mol. The van der Waals surface area contributed by atoms with Crippen LogP contribution >= 0.6 is 15.9 Å². The maximum atomic E-state index is 13.0. The second-order valence-corrected chi connectivity index (χ2v) is 5.21. The Bertz CT molecular complexity index is 629. The van der Waals surface area contributed by atoms with Gasteiger partial charge < -0.3 is 5.32 Å². The first kappa shape index (κ1) is 15.6. The van der Waals surface area contributed by atoms with Crippen LogP contribution in [-0.2, 0) is 23.1 Å².